The van der Waals surface area contributed by atoms with Crippen LogP contribution in [0.2, 0.25) is 5.02 Å². The van der Waals surface area contributed by atoms with Crippen LogP contribution in [0, 0.1) is 6.92 Å². The number of aromatic hydroxyl groups is 1. The van der Waals surface area contributed by atoms with Crippen molar-refractivity contribution >= 4 is 34.2 Å². The van der Waals surface area contributed by atoms with Gasteiger partial charge in [0, 0.05) is 48.2 Å². The fourth-order valence-corrected chi connectivity index (χ4v) is 5.59. The van der Waals surface area contributed by atoms with Crippen LogP contribution in [0.5, 0.6) is 5.75 Å². The quantitative estimate of drug-likeness (QED) is 0.601. The first-order valence-corrected chi connectivity index (χ1v) is 11.9. The van der Waals surface area contributed by atoms with E-state index in [0.717, 1.165) is 36.1 Å². The molecule has 2 bridgehead atoms. The molecule has 1 aliphatic carbocycles. The lowest BCUT2D eigenvalue weighted by Gasteiger charge is -2.35. The smallest absolute Gasteiger partial charge is 0.274 e. The molecule has 2 atom stereocenters. The van der Waals surface area contributed by atoms with Gasteiger partial charge in [0.15, 0.2) is 11.4 Å². The van der Waals surface area contributed by atoms with Crippen molar-refractivity contribution in [1.82, 2.24) is 20.2 Å². The van der Waals surface area contributed by atoms with Crippen LogP contribution in [0.3, 0.4) is 0 Å². The number of anilines is 1. The molecule has 8 heteroatoms. The van der Waals surface area contributed by atoms with E-state index in [9.17, 15) is 9.90 Å². The highest BCUT2D eigenvalue weighted by Gasteiger charge is 2.48. The van der Waals surface area contributed by atoms with Gasteiger partial charge in [0.05, 0.1) is 11.7 Å². The number of carbonyl (C=O) groups excluding carboxylic acids is 1. The molecule has 0 radical (unpaired) electrons. The lowest BCUT2D eigenvalue weighted by molar-refractivity contribution is 0.0943. The van der Waals surface area contributed by atoms with Gasteiger partial charge in [-0.15, -0.1) is 0 Å². The molecule has 4 heterocycles. The molecule has 170 valence electrons. The van der Waals surface area contributed by atoms with Crippen molar-refractivity contribution in [2.45, 2.75) is 50.9 Å². The van der Waals surface area contributed by atoms with Gasteiger partial charge in [-0.3, -0.25) is 9.69 Å². The number of amides is 1. The average molecular weight is 464 g/mol. The predicted octanol–water partition coefficient (Wildman–Crippen LogP) is 3.65. The normalized spacial score (nSPS) is 22.3. The molecule has 2 N–H and O–H groups in total. The zero-order chi connectivity index (χ0) is 22.7. The van der Waals surface area contributed by atoms with Gasteiger partial charge >= 0.3 is 0 Å². The summed E-state index contributed by atoms with van der Waals surface area (Å²) in [6.45, 7) is 4.33. The molecule has 1 amide bonds. The molecular weight excluding hydrogens is 438 g/mol. The summed E-state index contributed by atoms with van der Waals surface area (Å²) in [5, 5.41) is 14.7. The Hall–Kier alpha value is -2.90. The van der Waals surface area contributed by atoms with Crippen LogP contribution in [-0.4, -0.2) is 57.1 Å². The first kappa shape index (κ1) is 20.7. The third kappa shape index (κ3) is 3.69. The molecular formula is C25H26ClN5O2. The highest BCUT2D eigenvalue weighted by Crippen LogP contribution is 2.41. The van der Waals surface area contributed by atoms with Crippen LogP contribution in [0.25, 0.3) is 10.9 Å². The number of hydrogen-bond donors (Lipinski definition) is 2. The molecule has 0 spiro atoms. The highest BCUT2D eigenvalue weighted by molar-refractivity contribution is 6.31. The fourth-order valence-electron chi connectivity index (χ4n) is 5.29. The Morgan fingerprint density at radius 1 is 1.18 bits per heavy atom. The van der Waals surface area contributed by atoms with Gasteiger partial charge in [-0.1, -0.05) is 23.7 Å². The second-order valence-electron chi connectivity index (χ2n) is 9.46. The van der Waals surface area contributed by atoms with Gasteiger partial charge in [-0.05, 0) is 55.5 Å². The van der Waals surface area contributed by atoms with Crippen LogP contribution in [-0.2, 0) is 6.54 Å². The van der Waals surface area contributed by atoms with E-state index in [1.54, 1.807) is 6.20 Å². The van der Waals surface area contributed by atoms with E-state index in [4.69, 9.17) is 16.6 Å². The lowest BCUT2D eigenvalue weighted by atomic mass is 10.1. The lowest BCUT2D eigenvalue weighted by Crippen LogP contribution is -2.47. The minimum absolute atomic E-state index is 0.0133. The van der Waals surface area contributed by atoms with Crippen molar-refractivity contribution in [1.29, 1.82) is 0 Å². The van der Waals surface area contributed by atoms with E-state index >= 15 is 0 Å². The Labute approximate surface area is 197 Å². The Kier molecular flexibility index (Phi) is 4.92. The molecule has 6 rings (SSSR count). The minimum Gasteiger partial charge on any atom is -0.505 e. The summed E-state index contributed by atoms with van der Waals surface area (Å²) in [4.78, 5) is 26.8. The Morgan fingerprint density at radius 3 is 2.76 bits per heavy atom. The van der Waals surface area contributed by atoms with E-state index < -0.39 is 5.91 Å². The standard InChI is InChI=1S/C25H26ClN5O2/c1-14-2-3-15(20(26)8-14)10-28-25(33)23-24(32)19-6-7-22(29-21(19)11-27-23)31-13-17-9-18(31)12-30(17)16-4-5-16/h2-3,6-8,11,16-18,32H,4-5,9-10,12-13H2,1H3,(H,28,33)/t17-,18-/m1/s1. The van der Waals surface area contributed by atoms with Crippen LogP contribution < -0.4 is 10.2 Å². The summed E-state index contributed by atoms with van der Waals surface area (Å²) in [5.74, 6) is 0.312. The number of aromatic nitrogens is 2. The van der Waals surface area contributed by atoms with Crippen LogP contribution >= 0.6 is 11.6 Å². The molecule has 1 saturated carbocycles. The number of halogens is 1. The van der Waals surface area contributed by atoms with E-state index in [-0.39, 0.29) is 18.0 Å². The van der Waals surface area contributed by atoms with Crippen molar-refractivity contribution in [3.05, 3.63) is 58.4 Å². The number of nitrogens with one attached hydrogen (secondary N) is 1. The number of benzene rings is 1. The SMILES string of the molecule is Cc1ccc(CNC(=O)c2ncc3nc(N4C[C@H]5C[C@@H]4CN5C4CC4)ccc3c2O)c(Cl)c1. The van der Waals surface area contributed by atoms with Gasteiger partial charge in [-0.2, -0.15) is 0 Å². The molecule has 1 aromatic carbocycles. The number of pyridine rings is 2. The van der Waals surface area contributed by atoms with E-state index in [1.807, 2.05) is 37.3 Å². The molecule has 2 aromatic heterocycles. The molecule has 7 nitrogen and oxygen atoms in total. The summed E-state index contributed by atoms with van der Waals surface area (Å²) in [5.41, 5.74) is 2.44. The Morgan fingerprint density at radius 2 is 2.03 bits per heavy atom. The maximum Gasteiger partial charge on any atom is 0.274 e. The Balaban J connectivity index is 1.19. The zero-order valence-electron chi connectivity index (χ0n) is 18.5. The van der Waals surface area contributed by atoms with Crippen molar-refractivity contribution < 1.29 is 9.90 Å². The van der Waals surface area contributed by atoms with Crippen molar-refractivity contribution in [3.63, 3.8) is 0 Å². The van der Waals surface area contributed by atoms with E-state index in [1.165, 1.54) is 19.3 Å². The summed E-state index contributed by atoms with van der Waals surface area (Å²) in [7, 11) is 0. The van der Waals surface area contributed by atoms with Crippen LogP contribution in [0.4, 0.5) is 5.82 Å². The van der Waals surface area contributed by atoms with Gasteiger partial charge < -0.3 is 15.3 Å². The number of hydrogen-bond acceptors (Lipinski definition) is 6. The summed E-state index contributed by atoms with van der Waals surface area (Å²) < 4.78 is 0. The largest absolute Gasteiger partial charge is 0.505 e. The van der Waals surface area contributed by atoms with E-state index in [2.05, 4.69) is 20.1 Å². The molecule has 2 aliphatic heterocycles. The van der Waals surface area contributed by atoms with E-state index in [0.29, 0.717) is 28.0 Å². The third-order valence-corrected chi connectivity index (χ3v) is 7.51. The summed E-state index contributed by atoms with van der Waals surface area (Å²) >= 11 is 6.26. The summed E-state index contributed by atoms with van der Waals surface area (Å²) in [6.07, 6.45) is 5.45. The molecule has 3 aliphatic rings. The number of carbonyl (C=O) groups is 1. The predicted molar refractivity (Wildman–Crippen MR) is 128 cm³/mol. The third-order valence-electron chi connectivity index (χ3n) is 7.16. The maximum atomic E-state index is 12.7. The molecule has 33 heavy (non-hydrogen) atoms. The van der Waals surface area contributed by atoms with Crippen LogP contribution in [0.15, 0.2) is 36.5 Å². The first-order valence-electron chi connectivity index (χ1n) is 11.5. The van der Waals surface area contributed by atoms with Crippen molar-refractivity contribution in [2.24, 2.45) is 0 Å². The Bertz CT molecular complexity index is 1260. The van der Waals surface area contributed by atoms with Crippen LogP contribution in [0.1, 0.15) is 40.9 Å². The molecule has 3 aromatic rings. The fraction of sp³-hybridized carbons (Fsp3) is 0.400. The van der Waals surface area contributed by atoms with Gasteiger partial charge in [0.2, 0.25) is 0 Å². The second kappa shape index (κ2) is 7.85. The van der Waals surface area contributed by atoms with Gasteiger partial charge in [0.25, 0.3) is 5.91 Å². The number of aryl methyl sites for hydroxylation is 1. The van der Waals surface area contributed by atoms with Gasteiger partial charge in [0.1, 0.15) is 5.82 Å². The number of fused-ring (bicyclic) bond motifs is 3. The average Bonchev–Trinajstić information content (AvgIpc) is 3.46. The van der Waals surface area contributed by atoms with Gasteiger partial charge in [-0.25, -0.2) is 9.97 Å². The molecule has 3 fully saturated rings. The molecule has 2 saturated heterocycles. The monoisotopic (exact) mass is 463 g/mol. The second-order valence-corrected chi connectivity index (χ2v) is 9.87. The number of likely N-dealkylation sites (tertiary alicyclic amines) is 1. The highest BCUT2D eigenvalue weighted by atomic mass is 35.5. The number of rotatable bonds is 5. The number of nitrogens with zero attached hydrogens (tertiary/aromatic N) is 4. The topological polar surface area (TPSA) is 81.6 Å². The number of piperazine rings is 1. The zero-order valence-corrected chi connectivity index (χ0v) is 19.2. The van der Waals surface area contributed by atoms with Crippen molar-refractivity contribution in [3.8, 4) is 5.75 Å². The maximum absolute atomic E-state index is 12.7. The molecule has 0 unspecified atom stereocenters. The van der Waals surface area contributed by atoms with Crippen molar-refractivity contribution in [2.75, 3.05) is 18.0 Å². The first-order chi connectivity index (χ1) is 16.0. The minimum atomic E-state index is -0.452. The summed E-state index contributed by atoms with van der Waals surface area (Å²) in [6, 6.07) is 11.4.